The lowest BCUT2D eigenvalue weighted by atomic mass is 9.75. The smallest absolute Gasteiger partial charge is 0.138 e. The van der Waals surface area contributed by atoms with Crippen LogP contribution in [-0.2, 0) is 96.3 Å². The first-order valence-electron chi connectivity index (χ1n) is 55.5. The molecule has 13 aliphatic rings. The van der Waals surface area contributed by atoms with Gasteiger partial charge < -0.3 is 31.7 Å². The number of aryl methyl sites for hydroxylation is 5. The van der Waals surface area contributed by atoms with Crippen LogP contribution in [0.3, 0.4) is 0 Å². The number of anilines is 2. The number of allylic oxidation sites excluding steroid dienone is 2. The lowest BCUT2D eigenvalue weighted by Crippen LogP contribution is -2.33. The van der Waals surface area contributed by atoms with Crippen LogP contribution >= 0.6 is 56.7 Å². The summed E-state index contributed by atoms with van der Waals surface area (Å²) in [6.07, 6.45) is 69.2. The number of fused-ring (bicyclic) bond motifs is 17. The van der Waals surface area contributed by atoms with Crippen molar-refractivity contribution in [1.29, 1.82) is 0 Å². The van der Waals surface area contributed by atoms with Gasteiger partial charge in [-0.1, -0.05) is 99.3 Å². The summed E-state index contributed by atoms with van der Waals surface area (Å²) in [6, 6.07) is 9.93. The standard InChI is InChI=1S/C23H34N2.C21H29NS.C20H29N3S.C19H26N2S.C17H24N4S.C17H23N3OS/c1-4-16-7-10-20-19(11-16)13-22-23(20)21(24-14-25-22)12-17-5-8-18(9-6-17)15(2)3;1-14-6-11-19-18(12-14)21-16(4-3-5-20(21)23-19)13-15-7-9-17(22-2)10-8-15;1-13-4-9-18-16(10-13)19-17(21-12-22-20(19)24-18)11-14-5-7-15(8-6-14)23(2)3;1-12-3-6-14(7-4-12)10-16-18-15-9-13(2)5-8-17(15)22-19(18)21-11-20-16;1-10-2-7-14-13(8-10)15-16(19-9-20-17(15)22-14)21-12-5-3-11(18)4-6-12;1-10-2-7-14-13(8-10)15-16(18-9-19-17(15)22-14)20-11-3-5-12(21)6-4-11/h14-18H,4-13H2,1-3H3;3-5,14-15,17,22H,6-13H2,1-2H3;12-15H,4-11H2,1-3H3;11-14H,3-10H2,1-2H3;9-12H,2-8,18H2,1H3,(H,19,20,21);9-12,21H,2-8H2,1H3,(H,18,19,20)/t;;;12?,13-,14?;;10-,11?,12?/m...1.1/s1. The number of thiophene rings is 5. The first-order chi connectivity index (χ1) is 67.1. The van der Waals surface area contributed by atoms with E-state index in [-0.39, 0.29) is 6.10 Å². The van der Waals surface area contributed by atoms with Gasteiger partial charge >= 0.3 is 0 Å². The normalized spacial score (nSPS) is 28.4. The third kappa shape index (κ3) is 23.9. The number of nitrogens with zero attached hydrogens (tertiary/aromatic N) is 11. The first kappa shape index (κ1) is 100. The monoisotopic (exact) mass is 1960 g/mol. The van der Waals surface area contributed by atoms with Gasteiger partial charge in [-0.05, 0) is 431 Å². The minimum atomic E-state index is -0.113. The summed E-state index contributed by atoms with van der Waals surface area (Å²) in [6.45, 7) is 21.4. The molecule has 11 aromatic rings. The van der Waals surface area contributed by atoms with Gasteiger partial charge in [0.2, 0.25) is 0 Å². The van der Waals surface area contributed by atoms with E-state index in [0.717, 1.165) is 181 Å². The molecule has 10 aromatic heterocycles. The summed E-state index contributed by atoms with van der Waals surface area (Å²) in [5, 5.41) is 27.5. The van der Waals surface area contributed by atoms with Crippen LogP contribution in [0.4, 0.5) is 11.6 Å². The van der Waals surface area contributed by atoms with Crippen LogP contribution in [-0.4, -0.2) is 117 Å². The Morgan fingerprint density at radius 2 is 0.797 bits per heavy atom. The third-order valence-corrected chi connectivity index (χ3v) is 41.9. The Kier molecular flexibility index (Phi) is 33.7. The summed E-state index contributed by atoms with van der Waals surface area (Å²) < 4.78 is 1.55. The molecule has 0 amide bonds. The molecule has 6 atom stereocenters. The van der Waals surface area contributed by atoms with E-state index in [9.17, 15) is 5.11 Å². The van der Waals surface area contributed by atoms with E-state index >= 15 is 0 Å². The first-order valence-corrected chi connectivity index (χ1v) is 59.6. The Morgan fingerprint density at radius 3 is 1.28 bits per heavy atom. The van der Waals surface area contributed by atoms with Crippen molar-refractivity contribution in [3.63, 3.8) is 0 Å². The molecule has 0 saturated heterocycles. The second kappa shape index (κ2) is 46.3. The van der Waals surface area contributed by atoms with Crippen LogP contribution in [0, 0.1) is 76.9 Å². The number of hydrogen-bond acceptors (Lipinski definition) is 21. The number of aromatic nitrogens is 10. The van der Waals surface area contributed by atoms with Gasteiger partial charge in [-0.15, -0.1) is 56.7 Å². The van der Waals surface area contributed by atoms with Crippen molar-refractivity contribution in [2.45, 2.75) is 407 Å². The lowest BCUT2D eigenvalue weighted by Gasteiger charge is -2.32. The van der Waals surface area contributed by atoms with Gasteiger partial charge in [-0.2, -0.15) is 0 Å². The minimum absolute atomic E-state index is 0.113. The predicted molar refractivity (Wildman–Crippen MR) is 584 cm³/mol. The molecule has 6 fully saturated rings. The van der Waals surface area contributed by atoms with Crippen molar-refractivity contribution in [2.75, 3.05) is 31.8 Å². The molecule has 6 N–H and O–H groups in total. The van der Waals surface area contributed by atoms with E-state index in [1.165, 1.54) is 318 Å². The Morgan fingerprint density at radius 1 is 0.391 bits per heavy atom. The van der Waals surface area contributed by atoms with Gasteiger partial charge in [0.1, 0.15) is 62.6 Å². The Balaban J connectivity index is 0.000000106. The number of rotatable bonds is 16. The van der Waals surface area contributed by atoms with Crippen molar-refractivity contribution in [3.8, 4) is 0 Å². The zero-order valence-corrected chi connectivity index (χ0v) is 90.1. The SMILES string of the molecule is CC1CCC(Cc2ncnc3sc4c(c23)C[C@H](C)CC4)CC1.CC1CCc2sc3ncnc(CC4CCC(N(C)C)CC4)c3c2C1.CC1CCc2sc3ncnc(NC4CCC(N)CC4)c3c2C1.CCC1CCC2=C(Cc3ncnc(CC4CCC(C(C)C)CC4)c32)C1.CNC1CCC(Cc2cccc3sc4c(c23)CC(C)CC4)CC1.C[C@@H]1CCc2sc3ncnc(NC4CCC(O)CC4)c3c2C1. The molecule has 16 nitrogen and oxygen atoms in total. The molecule has 13 aliphatic carbocycles. The molecule has 0 aliphatic heterocycles. The average molecular weight is 1960 g/mol. The summed E-state index contributed by atoms with van der Waals surface area (Å²) in [5.41, 5.74) is 25.8. The molecule has 0 spiro atoms. The van der Waals surface area contributed by atoms with Crippen LogP contribution in [0.5, 0.6) is 0 Å². The molecule has 1 aromatic carbocycles. The quantitative estimate of drug-likeness (QED) is 0.0608. The van der Waals surface area contributed by atoms with Gasteiger partial charge in [0.15, 0.2) is 0 Å². The van der Waals surface area contributed by atoms with Crippen LogP contribution in [0.2, 0.25) is 0 Å². The van der Waals surface area contributed by atoms with Crippen molar-refractivity contribution in [1.82, 2.24) is 60.1 Å². The highest BCUT2D eigenvalue weighted by Crippen LogP contribution is 2.50. The molecular formula is C117H165N15OS5. The highest BCUT2D eigenvalue weighted by Gasteiger charge is 2.37. The number of benzene rings is 1. The molecule has 4 unspecified atom stereocenters. The van der Waals surface area contributed by atoms with E-state index in [4.69, 9.17) is 20.7 Å². The average Bonchev–Trinajstić information content (AvgIpc) is 1.64. The van der Waals surface area contributed by atoms with E-state index < -0.39 is 0 Å². The van der Waals surface area contributed by atoms with Crippen LogP contribution in [0.15, 0.2) is 55.4 Å². The summed E-state index contributed by atoms with van der Waals surface area (Å²) in [7, 11) is 6.56. The number of nitrogens with two attached hydrogens (primary N) is 1. The topological polar surface area (TPSA) is 214 Å². The molecule has 744 valence electrons. The second-order valence-corrected chi connectivity index (χ2v) is 52.3. The summed E-state index contributed by atoms with van der Waals surface area (Å²) in [5.74, 6) is 13.1. The largest absolute Gasteiger partial charge is 0.393 e. The number of aliphatic hydroxyl groups excluding tert-OH is 1. The van der Waals surface area contributed by atoms with Crippen molar-refractivity contribution in [2.24, 2.45) is 82.7 Å². The number of hydrogen-bond donors (Lipinski definition) is 5. The highest BCUT2D eigenvalue weighted by atomic mass is 32.1. The van der Waals surface area contributed by atoms with Crippen LogP contribution in [0.25, 0.3) is 56.5 Å². The molecular weight excluding hydrogens is 1790 g/mol. The molecule has 24 rings (SSSR count). The van der Waals surface area contributed by atoms with Crippen LogP contribution in [0.1, 0.15) is 360 Å². The molecule has 21 heteroatoms. The van der Waals surface area contributed by atoms with Crippen molar-refractivity contribution >= 4 is 125 Å². The second-order valence-electron chi connectivity index (χ2n) is 46.8. The van der Waals surface area contributed by atoms with E-state index in [1.807, 2.05) is 51.7 Å². The molecule has 0 radical (unpaired) electrons. The van der Waals surface area contributed by atoms with E-state index in [2.05, 4.69) is 169 Å². The van der Waals surface area contributed by atoms with Gasteiger partial charge in [0.25, 0.3) is 0 Å². The maximum absolute atomic E-state index is 9.67. The Labute approximate surface area is 846 Å². The number of aliphatic hydroxyl groups is 1. The highest BCUT2D eigenvalue weighted by molar-refractivity contribution is 7.20. The van der Waals surface area contributed by atoms with Crippen molar-refractivity contribution < 1.29 is 5.11 Å². The molecule has 6 saturated carbocycles. The lowest BCUT2D eigenvalue weighted by molar-refractivity contribution is 0.126. The Bertz CT molecular complexity index is 5630. The van der Waals surface area contributed by atoms with Crippen LogP contribution < -0.4 is 21.7 Å². The maximum atomic E-state index is 9.67. The molecule has 138 heavy (non-hydrogen) atoms. The third-order valence-electron chi connectivity index (χ3n) is 35.8. The van der Waals surface area contributed by atoms with Gasteiger partial charge in [0, 0.05) is 82.1 Å². The van der Waals surface area contributed by atoms with E-state index in [0.29, 0.717) is 18.1 Å². The Hall–Kier alpha value is -6.40. The fourth-order valence-corrected chi connectivity index (χ4v) is 33.0. The zero-order valence-electron chi connectivity index (χ0n) is 86.0. The van der Waals surface area contributed by atoms with Gasteiger partial charge in [-0.25, -0.2) is 49.8 Å². The number of nitrogens with one attached hydrogen (secondary N) is 3. The van der Waals surface area contributed by atoms with Gasteiger partial charge in [0.05, 0.1) is 39.7 Å². The summed E-state index contributed by atoms with van der Waals surface area (Å²) in [4.78, 5) is 61.3. The van der Waals surface area contributed by atoms with Crippen molar-refractivity contribution in [3.05, 3.63) is 142 Å². The zero-order chi connectivity index (χ0) is 95.2. The maximum Gasteiger partial charge on any atom is 0.138 e. The summed E-state index contributed by atoms with van der Waals surface area (Å²) >= 11 is 9.64. The molecule has 0 bridgehead atoms. The fraction of sp³-hybridized carbons (Fsp3) is 0.675. The van der Waals surface area contributed by atoms with E-state index in [1.54, 1.807) is 83.4 Å². The fourth-order valence-electron chi connectivity index (χ4n) is 26.9. The minimum Gasteiger partial charge on any atom is -0.393 e. The van der Waals surface area contributed by atoms with Gasteiger partial charge in [-0.3, -0.25) is 0 Å². The predicted octanol–water partition coefficient (Wildman–Crippen LogP) is 28.0. The molecule has 10 heterocycles.